The molecule has 1 aromatic rings. The van der Waals surface area contributed by atoms with Gasteiger partial charge in [0.25, 0.3) is 5.91 Å². The lowest BCUT2D eigenvalue weighted by Gasteiger charge is -2.34. The summed E-state index contributed by atoms with van der Waals surface area (Å²) in [5.74, 6) is -1.07. The van der Waals surface area contributed by atoms with Crippen LogP contribution in [0.5, 0.6) is 0 Å². The molecule has 2 unspecified atom stereocenters. The third kappa shape index (κ3) is 4.56. The van der Waals surface area contributed by atoms with E-state index in [9.17, 15) is 14.4 Å². The van der Waals surface area contributed by atoms with Crippen LogP contribution in [-0.2, 0) is 14.3 Å². The van der Waals surface area contributed by atoms with Crippen LogP contribution in [0, 0.1) is 0 Å². The highest BCUT2D eigenvalue weighted by molar-refractivity contribution is 9.10. The van der Waals surface area contributed by atoms with Crippen LogP contribution >= 0.6 is 15.9 Å². The summed E-state index contributed by atoms with van der Waals surface area (Å²) in [4.78, 5) is 38.4. The van der Waals surface area contributed by atoms with E-state index in [2.05, 4.69) is 21.2 Å². The van der Waals surface area contributed by atoms with Crippen molar-refractivity contribution in [2.45, 2.75) is 38.8 Å². The number of nitrogens with zero attached hydrogens (tertiary/aromatic N) is 1. The molecule has 0 aromatic heterocycles. The fourth-order valence-electron chi connectivity index (χ4n) is 2.46. The van der Waals surface area contributed by atoms with E-state index in [1.54, 1.807) is 25.1 Å². The highest BCUT2D eigenvalue weighted by atomic mass is 79.9. The Kier molecular flexibility index (Phi) is 6.36. The number of piperazine rings is 1. The van der Waals surface area contributed by atoms with Crippen molar-refractivity contribution in [3.05, 3.63) is 34.3 Å². The molecule has 2 atom stereocenters. The van der Waals surface area contributed by atoms with Crippen LogP contribution in [0.2, 0.25) is 0 Å². The Morgan fingerprint density at radius 1 is 1.46 bits per heavy atom. The lowest BCUT2D eigenvalue weighted by Crippen LogP contribution is -2.57. The summed E-state index contributed by atoms with van der Waals surface area (Å²) >= 11 is 3.33. The molecule has 130 valence electrons. The first kappa shape index (κ1) is 18.4. The average molecular weight is 397 g/mol. The fourth-order valence-corrected chi connectivity index (χ4v) is 2.86. The zero-order chi connectivity index (χ0) is 17.7. The van der Waals surface area contributed by atoms with Gasteiger partial charge in [0.15, 0.2) is 0 Å². The molecule has 1 aliphatic rings. The summed E-state index contributed by atoms with van der Waals surface area (Å²) in [6.07, 6.45) is 0.345. The second-order valence-corrected chi connectivity index (χ2v) is 6.64. The van der Waals surface area contributed by atoms with E-state index in [1.807, 2.05) is 13.0 Å². The third-order valence-electron chi connectivity index (χ3n) is 3.93. The van der Waals surface area contributed by atoms with Crippen LogP contribution in [0.1, 0.15) is 37.0 Å². The number of amides is 2. The maximum Gasteiger partial charge on any atom is 0.308 e. The summed E-state index contributed by atoms with van der Waals surface area (Å²) in [5, 5.41) is 2.70. The average Bonchev–Trinajstić information content (AvgIpc) is 2.56. The molecule has 1 aliphatic heterocycles. The minimum absolute atomic E-state index is 0.143. The molecular weight excluding hydrogens is 376 g/mol. The summed E-state index contributed by atoms with van der Waals surface area (Å²) < 4.78 is 6.02. The van der Waals surface area contributed by atoms with Crippen LogP contribution in [0.25, 0.3) is 0 Å². The van der Waals surface area contributed by atoms with Crippen molar-refractivity contribution in [3.63, 3.8) is 0 Å². The topological polar surface area (TPSA) is 75.7 Å². The zero-order valence-corrected chi connectivity index (χ0v) is 15.3. The number of nitrogens with one attached hydrogen (secondary N) is 1. The predicted octanol–water partition coefficient (Wildman–Crippen LogP) is 2.12. The van der Waals surface area contributed by atoms with Crippen molar-refractivity contribution in [2.75, 3.05) is 13.1 Å². The summed E-state index contributed by atoms with van der Waals surface area (Å²) in [6.45, 7) is 4.44. The molecule has 2 amide bonds. The van der Waals surface area contributed by atoms with Gasteiger partial charge in [0, 0.05) is 23.1 Å². The van der Waals surface area contributed by atoms with Crippen molar-refractivity contribution < 1.29 is 19.1 Å². The second kappa shape index (κ2) is 8.28. The highest BCUT2D eigenvalue weighted by Gasteiger charge is 2.35. The van der Waals surface area contributed by atoms with Crippen molar-refractivity contribution in [2.24, 2.45) is 0 Å². The van der Waals surface area contributed by atoms with E-state index in [0.29, 0.717) is 25.1 Å². The van der Waals surface area contributed by atoms with Gasteiger partial charge in [-0.2, -0.15) is 0 Å². The predicted molar refractivity (Wildman–Crippen MR) is 92.4 cm³/mol. The third-order valence-corrected chi connectivity index (χ3v) is 4.42. The molecule has 0 radical (unpaired) electrons. The molecule has 1 N–H and O–H groups in total. The molecule has 0 spiro atoms. The molecule has 2 rings (SSSR count). The van der Waals surface area contributed by atoms with Gasteiger partial charge in [-0.1, -0.05) is 28.9 Å². The van der Waals surface area contributed by atoms with E-state index in [-0.39, 0.29) is 24.3 Å². The molecule has 1 saturated heterocycles. The summed E-state index contributed by atoms with van der Waals surface area (Å²) in [7, 11) is 0. The Hall–Kier alpha value is -1.89. The smallest absolute Gasteiger partial charge is 0.308 e. The molecule has 1 aromatic carbocycles. The number of hydrogen-bond acceptors (Lipinski definition) is 4. The Bertz CT molecular complexity index is 635. The van der Waals surface area contributed by atoms with Crippen LogP contribution in [0.4, 0.5) is 0 Å². The number of rotatable bonds is 5. The van der Waals surface area contributed by atoms with Crippen LogP contribution in [0.15, 0.2) is 28.7 Å². The van der Waals surface area contributed by atoms with Gasteiger partial charge in [-0.15, -0.1) is 0 Å². The van der Waals surface area contributed by atoms with E-state index < -0.39 is 12.0 Å². The summed E-state index contributed by atoms with van der Waals surface area (Å²) in [5.41, 5.74) is 0.472. The molecule has 0 bridgehead atoms. The number of carbonyl (C=O) groups excluding carboxylic acids is 3. The lowest BCUT2D eigenvalue weighted by atomic mass is 10.1. The minimum atomic E-state index is -0.846. The maximum atomic E-state index is 12.7. The SMILES string of the molecule is CCC(C)OC(=O)CC1C(=O)NCCN1C(=O)c1cccc(Br)c1. The molecule has 6 nitrogen and oxygen atoms in total. The van der Waals surface area contributed by atoms with Gasteiger partial charge in [-0.3, -0.25) is 14.4 Å². The van der Waals surface area contributed by atoms with Gasteiger partial charge < -0.3 is 15.0 Å². The Morgan fingerprint density at radius 3 is 2.88 bits per heavy atom. The van der Waals surface area contributed by atoms with E-state index in [4.69, 9.17) is 4.74 Å². The summed E-state index contributed by atoms with van der Waals surface area (Å²) in [6, 6.07) is 6.12. The monoisotopic (exact) mass is 396 g/mol. The zero-order valence-electron chi connectivity index (χ0n) is 13.8. The van der Waals surface area contributed by atoms with Gasteiger partial charge in [0.05, 0.1) is 12.5 Å². The lowest BCUT2D eigenvalue weighted by molar-refractivity contribution is -0.151. The molecule has 0 saturated carbocycles. The number of hydrogen-bond donors (Lipinski definition) is 1. The second-order valence-electron chi connectivity index (χ2n) is 5.73. The quantitative estimate of drug-likeness (QED) is 0.773. The first-order valence-corrected chi connectivity index (χ1v) is 8.75. The molecule has 1 heterocycles. The van der Waals surface area contributed by atoms with Crippen molar-refractivity contribution in [1.29, 1.82) is 0 Å². The van der Waals surface area contributed by atoms with Gasteiger partial charge in [-0.25, -0.2) is 0 Å². The maximum absolute atomic E-state index is 12.7. The van der Waals surface area contributed by atoms with Crippen molar-refractivity contribution >= 4 is 33.7 Å². The number of benzene rings is 1. The molecule has 7 heteroatoms. The van der Waals surface area contributed by atoms with Crippen LogP contribution in [0.3, 0.4) is 0 Å². The standard InChI is InChI=1S/C17H21BrN2O4/c1-3-11(2)24-15(21)10-14-16(22)19-7-8-20(14)17(23)12-5-4-6-13(18)9-12/h4-6,9,11,14H,3,7-8,10H2,1-2H3,(H,19,22). The molecular formula is C17H21BrN2O4. The molecule has 1 fully saturated rings. The number of esters is 1. The molecule has 24 heavy (non-hydrogen) atoms. The van der Waals surface area contributed by atoms with E-state index in [0.717, 1.165) is 4.47 Å². The Morgan fingerprint density at radius 2 is 2.21 bits per heavy atom. The number of carbonyl (C=O) groups is 3. The molecule has 0 aliphatic carbocycles. The Labute approximate surface area is 149 Å². The number of halogens is 1. The van der Waals surface area contributed by atoms with Gasteiger partial charge in [0.1, 0.15) is 6.04 Å². The minimum Gasteiger partial charge on any atom is -0.463 e. The van der Waals surface area contributed by atoms with Crippen molar-refractivity contribution in [3.8, 4) is 0 Å². The van der Waals surface area contributed by atoms with Gasteiger partial charge >= 0.3 is 5.97 Å². The van der Waals surface area contributed by atoms with Gasteiger partial charge in [-0.05, 0) is 31.5 Å². The Balaban J connectivity index is 2.15. The van der Waals surface area contributed by atoms with Gasteiger partial charge in [0.2, 0.25) is 5.91 Å². The largest absolute Gasteiger partial charge is 0.463 e. The first-order valence-electron chi connectivity index (χ1n) is 7.96. The fraction of sp³-hybridized carbons (Fsp3) is 0.471. The van der Waals surface area contributed by atoms with E-state index >= 15 is 0 Å². The van der Waals surface area contributed by atoms with E-state index in [1.165, 1.54) is 4.90 Å². The normalized spacial score (nSPS) is 18.7. The van der Waals surface area contributed by atoms with Crippen LogP contribution in [-0.4, -0.2) is 47.9 Å². The first-order chi connectivity index (χ1) is 11.4. The number of ether oxygens (including phenoxy) is 1. The van der Waals surface area contributed by atoms with Crippen LogP contribution < -0.4 is 5.32 Å². The van der Waals surface area contributed by atoms with Crippen molar-refractivity contribution in [1.82, 2.24) is 10.2 Å². The highest BCUT2D eigenvalue weighted by Crippen LogP contribution is 2.18.